The molecule has 0 saturated carbocycles. The number of hydrogen-bond donors (Lipinski definition) is 1. The number of amides is 2. The van der Waals surface area contributed by atoms with E-state index in [9.17, 15) is 9.59 Å². The van der Waals surface area contributed by atoms with E-state index in [-0.39, 0.29) is 24.3 Å². The maximum absolute atomic E-state index is 12.8. The van der Waals surface area contributed by atoms with Crippen LogP contribution >= 0.6 is 11.8 Å². The zero-order chi connectivity index (χ0) is 26.6. The SMILES string of the molecule is COc1ccc(NC(=O)C[C@H]2SC(N3N=C(c4ccc(C)cc4)C[C@@H]3c3ccc(OC)cc3)=NC2=O)cc1. The number of amidine groups is 1. The second kappa shape index (κ2) is 11.1. The summed E-state index contributed by atoms with van der Waals surface area (Å²) < 4.78 is 10.5. The Labute approximate surface area is 225 Å². The third-order valence-electron chi connectivity index (χ3n) is 6.47. The van der Waals surface area contributed by atoms with Crippen molar-refractivity contribution in [2.75, 3.05) is 19.5 Å². The molecule has 0 fully saturated rings. The Kier molecular flexibility index (Phi) is 7.46. The minimum atomic E-state index is -0.613. The Morgan fingerprint density at radius 3 is 2.24 bits per heavy atom. The summed E-state index contributed by atoms with van der Waals surface area (Å²) >= 11 is 1.28. The molecule has 2 atom stereocenters. The van der Waals surface area contributed by atoms with Gasteiger partial charge in [0.25, 0.3) is 5.91 Å². The molecule has 3 aromatic carbocycles. The quantitative estimate of drug-likeness (QED) is 0.454. The van der Waals surface area contributed by atoms with E-state index in [0.717, 1.165) is 22.6 Å². The fourth-order valence-electron chi connectivity index (χ4n) is 4.35. The molecule has 2 aliphatic heterocycles. The topological polar surface area (TPSA) is 92.6 Å². The van der Waals surface area contributed by atoms with Crippen LogP contribution in [0.4, 0.5) is 5.69 Å². The van der Waals surface area contributed by atoms with Crippen LogP contribution in [0.1, 0.15) is 35.6 Å². The lowest BCUT2D eigenvalue weighted by atomic mass is 9.98. The number of hydrogen-bond acceptors (Lipinski definition) is 7. The summed E-state index contributed by atoms with van der Waals surface area (Å²) in [6, 6.07) is 23.0. The van der Waals surface area contributed by atoms with Crippen LogP contribution in [0.15, 0.2) is 82.9 Å². The maximum atomic E-state index is 12.8. The third kappa shape index (κ3) is 5.57. The van der Waals surface area contributed by atoms with Crippen molar-refractivity contribution >= 4 is 40.1 Å². The number of aryl methyl sites for hydroxylation is 1. The predicted molar refractivity (Wildman–Crippen MR) is 150 cm³/mol. The second-order valence-electron chi connectivity index (χ2n) is 9.07. The lowest BCUT2D eigenvalue weighted by Crippen LogP contribution is -2.25. The molecule has 194 valence electrons. The largest absolute Gasteiger partial charge is 0.497 e. The monoisotopic (exact) mass is 528 g/mol. The van der Waals surface area contributed by atoms with E-state index in [0.29, 0.717) is 23.0 Å². The molecule has 0 spiro atoms. The number of benzene rings is 3. The first-order valence-electron chi connectivity index (χ1n) is 12.2. The van der Waals surface area contributed by atoms with Gasteiger partial charge in [-0.05, 0) is 54.4 Å². The van der Waals surface area contributed by atoms with E-state index in [1.807, 2.05) is 36.2 Å². The number of rotatable bonds is 7. The predicted octanol–water partition coefficient (Wildman–Crippen LogP) is 5.19. The van der Waals surface area contributed by atoms with E-state index < -0.39 is 5.25 Å². The number of nitrogens with zero attached hydrogens (tertiary/aromatic N) is 3. The van der Waals surface area contributed by atoms with E-state index >= 15 is 0 Å². The average Bonchev–Trinajstić information content (AvgIpc) is 3.53. The smallest absolute Gasteiger partial charge is 0.262 e. The number of hydrazone groups is 1. The lowest BCUT2D eigenvalue weighted by molar-refractivity contribution is -0.121. The number of aliphatic imine (C=N–C) groups is 1. The number of carbonyl (C=O) groups is 2. The summed E-state index contributed by atoms with van der Waals surface area (Å²) in [6.45, 7) is 2.05. The van der Waals surface area contributed by atoms with Crippen LogP contribution in [0.3, 0.4) is 0 Å². The molecule has 2 aliphatic rings. The molecule has 38 heavy (non-hydrogen) atoms. The Bertz CT molecular complexity index is 1390. The molecule has 2 heterocycles. The zero-order valence-corrected chi connectivity index (χ0v) is 22.2. The highest BCUT2D eigenvalue weighted by molar-refractivity contribution is 8.15. The standard InChI is InChI=1S/C29H28N4O4S/c1-18-4-6-19(7-5-18)24-16-25(20-8-12-22(36-2)13-9-20)33(32-24)29-31-28(35)26(38-29)17-27(34)30-21-10-14-23(37-3)15-11-21/h4-15,25-26H,16-17H2,1-3H3,(H,30,34)/t25-,26-/m1/s1. The minimum absolute atomic E-state index is 0.0120. The van der Waals surface area contributed by atoms with Gasteiger partial charge in [0, 0.05) is 18.5 Å². The number of carbonyl (C=O) groups excluding carboxylic acids is 2. The summed E-state index contributed by atoms with van der Waals surface area (Å²) in [5, 5.41) is 9.45. The van der Waals surface area contributed by atoms with Crippen molar-refractivity contribution in [3.8, 4) is 11.5 Å². The summed E-state index contributed by atoms with van der Waals surface area (Å²) in [7, 11) is 3.22. The molecule has 0 aliphatic carbocycles. The first-order valence-corrected chi connectivity index (χ1v) is 13.1. The molecule has 0 aromatic heterocycles. The minimum Gasteiger partial charge on any atom is -0.497 e. The van der Waals surface area contributed by atoms with E-state index in [1.54, 1.807) is 38.5 Å². The number of methoxy groups -OCH3 is 2. The molecule has 9 heteroatoms. The molecule has 2 amide bonds. The fourth-order valence-corrected chi connectivity index (χ4v) is 5.41. The molecular formula is C29H28N4O4S. The fraction of sp³-hybridized carbons (Fsp3) is 0.241. The maximum Gasteiger partial charge on any atom is 0.262 e. The number of nitrogens with one attached hydrogen (secondary N) is 1. The van der Waals surface area contributed by atoms with Gasteiger partial charge in [-0.3, -0.25) is 9.59 Å². The van der Waals surface area contributed by atoms with Crippen molar-refractivity contribution in [2.45, 2.75) is 31.1 Å². The first kappa shape index (κ1) is 25.5. The first-order chi connectivity index (χ1) is 18.4. The molecule has 1 N–H and O–H groups in total. The summed E-state index contributed by atoms with van der Waals surface area (Å²) in [6.07, 6.45) is 0.671. The molecule has 8 nitrogen and oxygen atoms in total. The molecular weight excluding hydrogens is 500 g/mol. The van der Waals surface area contributed by atoms with Gasteiger partial charge in [-0.25, -0.2) is 5.01 Å². The summed E-state index contributed by atoms with van der Waals surface area (Å²) in [4.78, 5) is 29.9. The molecule has 3 aromatic rings. The lowest BCUT2D eigenvalue weighted by Gasteiger charge is -2.23. The van der Waals surface area contributed by atoms with Crippen molar-refractivity contribution in [3.05, 3.63) is 89.5 Å². The normalized spacial score (nSPS) is 18.7. The summed E-state index contributed by atoms with van der Waals surface area (Å²) in [5.74, 6) is 0.880. The van der Waals surface area contributed by atoms with Crippen LogP contribution in [0.5, 0.6) is 11.5 Å². The second-order valence-corrected chi connectivity index (χ2v) is 10.2. The van der Waals surface area contributed by atoms with Crippen molar-refractivity contribution in [2.24, 2.45) is 10.1 Å². The molecule has 0 unspecified atom stereocenters. The highest BCUT2D eigenvalue weighted by atomic mass is 32.2. The van der Waals surface area contributed by atoms with E-state index in [4.69, 9.17) is 14.6 Å². The van der Waals surface area contributed by atoms with Crippen LogP contribution < -0.4 is 14.8 Å². The van der Waals surface area contributed by atoms with Gasteiger partial charge in [-0.2, -0.15) is 10.1 Å². The Morgan fingerprint density at radius 1 is 0.974 bits per heavy atom. The van der Waals surface area contributed by atoms with Gasteiger partial charge < -0.3 is 14.8 Å². The highest BCUT2D eigenvalue weighted by Crippen LogP contribution is 2.39. The Hall–Kier alpha value is -4.11. The van der Waals surface area contributed by atoms with Crippen LogP contribution in [-0.4, -0.2) is 47.2 Å². The zero-order valence-electron chi connectivity index (χ0n) is 21.4. The van der Waals surface area contributed by atoms with Gasteiger partial charge in [-0.1, -0.05) is 53.7 Å². The van der Waals surface area contributed by atoms with Crippen molar-refractivity contribution in [1.82, 2.24) is 5.01 Å². The number of anilines is 1. The molecule has 0 saturated heterocycles. The van der Waals surface area contributed by atoms with Crippen LogP contribution in [-0.2, 0) is 9.59 Å². The third-order valence-corrected chi connectivity index (χ3v) is 7.61. The Morgan fingerprint density at radius 2 is 1.61 bits per heavy atom. The van der Waals surface area contributed by atoms with Gasteiger partial charge >= 0.3 is 0 Å². The van der Waals surface area contributed by atoms with Gasteiger partial charge in [0.1, 0.15) is 16.7 Å². The molecule has 5 rings (SSSR count). The highest BCUT2D eigenvalue weighted by Gasteiger charge is 2.39. The van der Waals surface area contributed by atoms with Crippen LogP contribution in [0, 0.1) is 6.92 Å². The van der Waals surface area contributed by atoms with Crippen LogP contribution in [0.25, 0.3) is 0 Å². The van der Waals surface area contributed by atoms with Gasteiger partial charge in [0.15, 0.2) is 5.17 Å². The van der Waals surface area contributed by atoms with Gasteiger partial charge in [0.05, 0.1) is 26.0 Å². The van der Waals surface area contributed by atoms with Crippen LogP contribution in [0.2, 0.25) is 0 Å². The molecule has 0 radical (unpaired) electrons. The van der Waals surface area contributed by atoms with Gasteiger partial charge in [-0.15, -0.1) is 0 Å². The van der Waals surface area contributed by atoms with Crippen molar-refractivity contribution < 1.29 is 19.1 Å². The summed E-state index contributed by atoms with van der Waals surface area (Å²) in [5.41, 5.74) is 4.80. The van der Waals surface area contributed by atoms with Crippen molar-refractivity contribution in [1.29, 1.82) is 0 Å². The number of thioether (sulfide) groups is 1. The van der Waals surface area contributed by atoms with Gasteiger partial charge in [0.2, 0.25) is 5.91 Å². The Balaban J connectivity index is 1.33. The van der Waals surface area contributed by atoms with E-state index in [1.165, 1.54) is 17.3 Å². The number of ether oxygens (including phenoxy) is 2. The molecule has 0 bridgehead atoms. The van der Waals surface area contributed by atoms with E-state index in [2.05, 4.69) is 34.6 Å². The van der Waals surface area contributed by atoms with Crippen molar-refractivity contribution in [3.63, 3.8) is 0 Å². The average molecular weight is 529 g/mol.